The van der Waals surface area contributed by atoms with Crippen molar-refractivity contribution in [3.63, 3.8) is 0 Å². The zero-order valence-corrected chi connectivity index (χ0v) is 13.2. The zero-order chi connectivity index (χ0) is 17.3. The summed E-state index contributed by atoms with van der Waals surface area (Å²) in [5.74, 6) is -2.60. The minimum atomic E-state index is -4.42. The molecule has 0 unspecified atom stereocenters. The molecule has 126 valence electrons. The van der Waals surface area contributed by atoms with Crippen LogP contribution in [0.25, 0.3) is 0 Å². The number of halogens is 2. The first-order valence-corrected chi connectivity index (χ1v) is 8.73. The van der Waals surface area contributed by atoms with Gasteiger partial charge in [0.25, 0.3) is 15.9 Å². The molecule has 1 aliphatic rings. The molecule has 1 aliphatic carbocycles. The van der Waals surface area contributed by atoms with E-state index in [-0.39, 0.29) is 17.6 Å². The minimum absolute atomic E-state index is 0.0978. The molecule has 1 saturated carbocycles. The lowest BCUT2D eigenvalue weighted by molar-refractivity contribution is 0.0951. The summed E-state index contributed by atoms with van der Waals surface area (Å²) in [4.78, 5) is 10.8. The van der Waals surface area contributed by atoms with E-state index in [1.165, 1.54) is 24.3 Å². The van der Waals surface area contributed by atoms with E-state index in [2.05, 4.69) is 10.0 Å². The zero-order valence-electron chi connectivity index (χ0n) is 12.4. The second-order valence-corrected chi connectivity index (χ2v) is 7.10. The maximum atomic E-state index is 13.6. The van der Waals surface area contributed by atoms with Crippen molar-refractivity contribution in [1.82, 2.24) is 5.32 Å². The number of sulfonamides is 1. The molecule has 1 fully saturated rings. The van der Waals surface area contributed by atoms with Crippen LogP contribution < -0.4 is 10.0 Å². The Labute approximate surface area is 137 Å². The van der Waals surface area contributed by atoms with Crippen LogP contribution in [0.1, 0.15) is 23.2 Å². The van der Waals surface area contributed by atoms with Gasteiger partial charge in [-0.05, 0) is 49.2 Å². The third kappa shape index (κ3) is 3.53. The van der Waals surface area contributed by atoms with Crippen LogP contribution in [0.15, 0.2) is 47.4 Å². The predicted molar refractivity (Wildman–Crippen MR) is 84.1 cm³/mol. The summed E-state index contributed by atoms with van der Waals surface area (Å²) in [6.07, 6.45) is 1.91. The quantitative estimate of drug-likeness (QED) is 0.869. The molecule has 0 bridgehead atoms. The Balaban J connectivity index is 1.78. The Kier molecular flexibility index (Phi) is 4.23. The molecule has 1 amide bonds. The maximum Gasteiger partial charge on any atom is 0.267 e. The lowest BCUT2D eigenvalue weighted by Gasteiger charge is -2.10. The van der Waals surface area contributed by atoms with Gasteiger partial charge in [-0.15, -0.1) is 0 Å². The summed E-state index contributed by atoms with van der Waals surface area (Å²) < 4.78 is 53.7. The van der Waals surface area contributed by atoms with Gasteiger partial charge in [-0.3, -0.25) is 9.52 Å². The van der Waals surface area contributed by atoms with E-state index in [0.717, 1.165) is 31.0 Å². The fraction of sp³-hybridized carbons (Fsp3) is 0.188. The maximum absolute atomic E-state index is 13.6. The van der Waals surface area contributed by atoms with Crippen LogP contribution in [0.4, 0.5) is 14.5 Å². The second-order valence-electron chi connectivity index (χ2n) is 5.48. The number of hydrogen-bond acceptors (Lipinski definition) is 3. The number of carbonyl (C=O) groups is 1. The van der Waals surface area contributed by atoms with E-state index < -0.39 is 26.6 Å². The van der Waals surface area contributed by atoms with Crippen molar-refractivity contribution in [3.05, 3.63) is 59.7 Å². The van der Waals surface area contributed by atoms with E-state index >= 15 is 0 Å². The van der Waals surface area contributed by atoms with Crippen molar-refractivity contribution in [2.45, 2.75) is 23.8 Å². The third-order valence-electron chi connectivity index (χ3n) is 3.50. The Bertz CT molecular complexity index is 858. The van der Waals surface area contributed by atoms with Crippen LogP contribution in [-0.2, 0) is 10.0 Å². The number of benzene rings is 2. The molecule has 2 aromatic rings. The Morgan fingerprint density at radius 2 is 1.58 bits per heavy atom. The largest absolute Gasteiger partial charge is 0.349 e. The van der Waals surface area contributed by atoms with Crippen molar-refractivity contribution in [3.8, 4) is 0 Å². The average molecular weight is 352 g/mol. The lowest BCUT2D eigenvalue weighted by Crippen LogP contribution is -2.25. The highest BCUT2D eigenvalue weighted by atomic mass is 32.2. The van der Waals surface area contributed by atoms with Crippen LogP contribution in [0.5, 0.6) is 0 Å². The molecular formula is C16H14F2N2O3S. The highest BCUT2D eigenvalue weighted by Gasteiger charge is 2.25. The van der Waals surface area contributed by atoms with E-state index in [1.807, 2.05) is 0 Å². The molecule has 0 heterocycles. The highest BCUT2D eigenvalue weighted by Crippen LogP contribution is 2.23. The molecule has 0 aromatic heterocycles. The molecule has 0 spiro atoms. The molecular weight excluding hydrogens is 338 g/mol. The van der Waals surface area contributed by atoms with Gasteiger partial charge in [0.2, 0.25) is 0 Å². The van der Waals surface area contributed by atoms with Crippen molar-refractivity contribution in [2.24, 2.45) is 0 Å². The van der Waals surface area contributed by atoms with E-state index in [9.17, 15) is 22.0 Å². The Morgan fingerprint density at radius 3 is 2.12 bits per heavy atom. The molecule has 2 N–H and O–H groups in total. The highest BCUT2D eigenvalue weighted by molar-refractivity contribution is 7.92. The number of anilines is 1. The van der Waals surface area contributed by atoms with Gasteiger partial charge in [0.1, 0.15) is 11.6 Å². The van der Waals surface area contributed by atoms with Gasteiger partial charge in [0.15, 0.2) is 4.90 Å². The number of carbonyl (C=O) groups excluding carboxylic acids is 1. The van der Waals surface area contributed by atoms with Gasteiger partial charge in [-0.2, -0.15) is 0 Å². The molecule has 0 aliphatic heterocycles. The fourth-order valence-electron chi connectivity index (χ4n) is 2.13. The van der Waals surface area contributed by atoms with Gasteiger partial charge in [0.05, 0.1) is 0 Å². The van der Waals surface area contributed by atoms with Gasteiger partial charge in [0, 0.05) is 17.3 Å². The van der Waals surface area contributed by atoms with Gasteiger partial charge >= 0.3 is 0 Å². The SMILES string of the molecule is O=C(NC1CC1)c1ccc(NS(=O)(=O)c2c(F)cccc2F)cc1. The fourth-order valence-corrected chi connectivity index (χ4v) is 3.33. The van der Waals surface area contributed by atoms with Gasteiger partial charge < -0.3 is 5.32 Å². The van der Waals surface area contributed by atoms with Gasteiger partial charge in [-0.1, -0.05) is 6.07 Å². The first-order chi connectivity index (χ1) is 11.4. The van der Waals surface area contributed by atoms with E-state index in [0.29, 0.717) is 5.56 Å². The van der Waals surface area contributed by atoms with Gasteiger partial charge in [-0.25, -0.2) is 17.2 Å². The molecule has 24 heavy (non-hydrogen) atoms. The number of nitrogens with one attached hydrogen (secondary N) is 2. The average Bonchev–Trinajstić information content (AvgIpc) is 3.31. The smallest absolute Gasteiger partial charge is 0.267 e. The summed E-state index contributed by atoms with van der Waals surface area (Å²) in [7, 11) is -4.42. The number of hydrogen-bond donors (Lipinski definition) is 2. The van der Waals surface area contributed by atoms with Crippen LogP contribution >= 0.6 is 0 Å². The van der Waals surface area contributed by atoms with Crippen LogP contribution in [0, 0.1) is 11.6 Å². The third-order valence-corrected chi connectivity index (χ3v) is 4.93. The molecule has 5 nitrogen and oxygen atoms in total. The summed E-state index contributed by atoms with van der Waals surface area (Å²) in [6, 6.07) is 8.61. The topological polar surface area (TPSA) is 75.3 Å². The van der Waals surface area contributed by atoms with Crippen LogP contribution in [-0.4, -0.2) is 20.4 Å². The molecule has 2 aromatic carbocycles. The summed E-state index contributed by atoms with van der Waals surface area (Å²) in [6.45, 7) is 0. The minimum Gasteiger partial charge on any atom is -0.349 e. The number of amides is 1. The predicted octanol–water partition coefficient (Wildman–Crippen LogP) is 2.66. The first-order valence-electron chi connectivity index (χ1n) is 7.24. The molecule has 0 radical (unpaired) electrons. The lowest BCUT2D eigenvalue weighted by atomic mass is 10.2. The summed E-state index contributed by atoms with van der Waals surface area (Å²) in [5.41, 5.74) is 0.475. The van der Waals surface area contributed by atoms with Crippen LogP contribution in [0.2, 0.25) is 0 Å². The monoisotopic (exact) mass is 352 g/mol. The number of rotatable bonds is 5. The Hall–Kier alpha value is -2.48. The second kappa shape index (κ2) is 6.20. The van der Waals surface area contributed by atoms with Crippen molar-refractivity contribution < 1.29 is 22.0 Å². The van der Waals surface area contributed by atoms with E-state index in [4.69, 9.17) is 0 Å². The summed E-state index contributed by atoms with van der Waals surface area (Å²) in [5, 5.41) is 2.80. The molecule has 3 rings (SSSR count). The first kappa shape index (κ1) is 16.4. The van der Waals surface area contributed by atoms with Crippen LogP contribution in [0.3, 0.4) is 0 Å². The standard InChI is InChI=1S/C16H14F2N2O3S/c17-13-2-1-3-14(18)15(13)24(22,23)20-12-6-4-10(5-7-12)16(21)19-11-8-9-11/h1-7,11,20H,8-9H2,(H,19,21). The Morgan fingerprint density at radius 1 is 1.00 bits per heavy atom. The van der Waals surface area contributed by atoms with Crippen molar-refractivity contribution in [2.75, 3.05) is 4.72 Å². The normalized spacial score (nSPS) is 14.2. The molecule has 0 atom stereocenters. The molecule has 0 saturated heterocycles. The van der Waals surface area contributed by atoms with Crippen molar-refractivity contribution in [1.29, 1.82) is 0 Å². The van der Waals surface area contributed by atoms with Crippen molar-refractivity contribution >= 4 is 21.6 Å². The molecule has 8 heteroatoms. The van der Waals surface area contributed by atoms with E-state index in [1.54, 1.807) is 0 Å². The summed E-state index contributed by atoms with van der Waals surface area (Å²) >= 11 is 0.